The summed E-state index contributed by atoms with van der Waals surface area (Å²) in [5.74, 6) is 0.151. The van der Waals surface area contributed by atoms with E-state index in [1.54, 1.807) is 36.5 Å². The fraction of sp³-hybridized carbons (Fsp3) is 0.167. The third-order valence-electron chi connectivity index (χ3n) is 5.12. The van der Waals surface area contributed by atoms with Crippen LogP contribution in [0, 0.1) is 26.6 Å². The Balaban J connectivity index is 1.81. The average Bonchev–Trinajstić information content (AvgIpc) is 3.36. The third kappa shape index (κ3) is 4.36. The normalized spacial score (nSPS) is 11.9. The van der Waals surface area contributed by atoms with Gasteiger partial charge in [-0.1, -0.05) is 18.2 Å². The van der Waals surface area contributed by atoms with Crippen molar-refractivity contribution in [2.45, 2.75) is 26.8 Å². The van der Waals surface area contributed by atoms with E-state index in [-0.39, 0.29) is 17.5 Å². The second-order valence-electron chi connectivity index (χ2n) is 7.27. The molecule has 1 aromatic carbocycles. The number of benzene rings is 1. The SMILES string of the molecule is Cc1ccnc(N[C@H](c2ccccc2F)c2c(NC(=O)c3ccco3)sc(C)c2C)c1. The molecule has 158 valence electrons. The van der Waals surface area contributed by atoms with E-state index in [0.717, 1.165) is 21.6 Å². The van der Waals surface area contributed by atoms with Crippen molar-refractivity contribution in [3.63, 3.8) is 0 Å². The summed E-state index contributed by atoms with van der Waals surface area (Å²) in [5.41, 5.74) is 3.29. The Morgan fingerprint density at radius 1 is 1.13 bits per heavy atom. The Kier molecular flexibility index (Phi) is 5.86. The van der Waals surface area contributed by atoms with E-state index in [1.807, 2.05) is 32.9 Å². The molecule has 3 heterocycles. The lowest BCUT2D eigenvalue weighted by Gasteiger charge is -2.23. The molecule has 31 heavy (non-hydrogen) atoms. The molecule has 0 saturated heterocycles. The summed E-state index contributed by atoms with van der Waals surface area (Å²) < 4.78 is 20.1. The summed E-state index contributed by atoms with van der Waals surface area (Å²) in [6.07, 6.45) is 3.16. The lowest BCUT2D eigenvalue weighted by molar-refractivity contribution is 0.0997. The first-order valence-corrected chi connectivity index (χ1v) is 10.6. The number of amides is 1. The van der Waals surface area contributed by atoms with Crippen molar-refractivity contribution in [2.24, 2.45) is 0 Å². The lowest BCUT2D eigenvalue weighted by atomic mass is 9.96. The van der Waals surface area contributed by atoms with Gasteiger partial charge < -0.3 is 15.1 Å². The van der Waals surface area contributed by atoms with Crippen molar-refractivity contribution in [3.05, 3.63) is 99.7 Å². The van der Waals surface area contributed by atoms with Crippen molar-refractivity contribution in [1.82, 2.24) is 4.98 Å². The van der Waals surface area contributed by atoms with Gasteiger partial charge in [0, 0.05) is 22.2 Å². The van der Waals surface area contributed by atoms with E-state index < -0.39 is 6.04 Å². The first-order valence-electron chi connectivity index (χ1n) is 9.82. The van der Waals surface area contributed by atoms with Gasteiger partial charge in [0.1, 0.15) is 16.6 Å². The number of pyridine rings is 1. The van der Waals surface area contributed by atoms with Gasteiger partial charge in [-0.05, 0) is 62.2 Å². The van der Waals surface area contributed by atoms with Crippen molar-refractivity contribution < 1.29 is 13.6 Å². The van der Waals surface area contributed by atoms with Gasteiger partial charge in [-0.2, -0.15) is 0 Å². The number of rotatable bonds is 6. The quantitative estimate of drug-likeness (QED) is 0.375. The molecule has 4 rings (SSSR count). The average molecular weight is 436 g/mol. The highest BCUT2D eigenvalue weighted by molar-refractivity contribution is 7.16. The predicted molar refractivity (Wildman–Crippen MR) is 121 cm³/mol. The number of nitrogens with one attached hydrogen (secondary N) is 2. The maximum Gasteiger partial charge on any atom is 0.291 e. The molecule has 1 amide bonds. The topological polar surface area (TPSA) is 67.2 Å². The number of carbonyl (C=O) groups excluding carboxylic acids is 1. The van der Waals surface area contributed by atoms with Gasteiger partial charge in [0.15, 0.2) is 5.76 Å². The summed E-state index contributed by atoms with van der Waals surface area (Å²) in [6, 6.07) is 13.2. The van der Waals surface area contributed by atoms with Gasteiger partial charge in [0.25, 0.3) is 5.91 Å². The van der Waals surface area contributed by atoms with Crippen molar-refractivity contribution in [1.29, 1.82) is 0 Å². The third-order valence-corrected chi connectivity index (χ3v) is 6.25. The summed E-state index contributed by atoms with van der Waals surface area (Å²) in [5, 5.41) is 6.96. The molecule has 0 fully saturated rings. The van der Waals surface area contributed by atoms with Crippen LogP contribution in [0.5, 0.6) is 0 Å². The Bertz CT molecular complexity index is 1220. The lowest BCUT2D eigenvalue weighted by Crippen LogP contribution is -2.18. The number of thiophene rings is 1. The minimum absolute atomic E-state index is 0.213. The van der Waals surface area contributed by atoms with E-state index in [1.165, 1.54) is 23.7 Å². The molecule has 0 saturated carbocycles. The van der Waals surface area contributed by atoms with Gasteiger partial charge >= 0.3 is 0 Å². The first-order chi connectivity index (χ1) is 14.9. The van der Waals surface area contributed by atoms with Crippen molar-refractivity contribution >= 4 is 28.1 Å². The highest BCUT2D eigenvalue weighted by Crippen LogP contribution is 2.41. The van der Waals surface area contributed by atoms with Crippen LogP contribution in [0.4, 0.5) is 15.2 Å². The molecule has 7 heteroatoms. The number of anilines is 2. The van der Waals surface area contributed by atoms with Crippen LogP contribution in [0.2, 0.25) is 0 Å². The minimum Gasteiger partial charge on any atom is -0.459 e. The molecular weight excluding hydrogens is 413 g/mol. The number of nitrogens with zero attached hydrogens (tertiary/aromatic N) is 1. The Morgan fingerprint density at radius 2 is 1.94 bits per heavy atom. The monoisotopic (exact) mass is 435 g/mol. The summed E-state index contributed by atoms with van der Waals surface area (Å²) in [6.45, 7) is 5.93. The highest BCUT2D eigenvalue weighted by Gasteiger charge is 2.27. The molecular formula is C24H22FN3O2S. The van der Waals surface area contributed by atoms with Gasteiger partial charge in [-0.25, -0.2) is 9.37 Å². The molecule has 0 aliphatic carbocycles. The second-order valence-corrected chi connectivity index (χ2v) is 8.50. The van der Waals surface area contributed by atoms with Gasteiger partial charge in [0.2, 0.25) is 0 Å². The number of halogens is 1. The Labute approximate surface area is 184 Å². The van der Waals surface area contributed by atoms with Crippen LogP contribution in [-0.4, -0.2) is 10.9 Å². The van der Waals surface area contributed by atoms with E-state index >= 15 is 0 Å². The van der Waals surface area contributed by atoms with Crippen LogP contribution in [-0.2, 0) is 0 Å². The molecule has 0 spiro atoms. The van der Waals surface area contributed by atoms with E-state index in [0.29, 0.717) is 16.4 Å². The van der Waals surface area contributed by atoms with Crippen LogP contribution in [0.15, 0.2) is 65.4 Å². The highest BCUT2D eigenvalue weighted by atomic mass is 32.1. The van der Waals surface area contributed by atoms with Crippen LogP contribution >= 0.6 is 11.3 Å². The number of hydrogen-bond acceptors (Lipinski definition) is 5. The molecule has 1 atom stereocenters. The second kappa shape index (κ2) is 8.73. The zero-order valence-electron chi connectivity index (χ0n) is 17.4. The van der Waals surface area contributed by atoms with Crippen LogP contribution in [0.3, 0.4) is 0 Å². The van der Waals surface area contributed by atoms with E-state index in [9.17, 15) is 9.18 Å². The molecule has 5 nitrogen and oxygen atoms in total. The fourth-order valence-corrected chi connectivity index (χ4v) is 4.53. The molecule has 0 unspecified atom stereocenters. The predicted octanol–water partition coefficient (Wildman–Crippen LogP) is 6.25. The molecule has 3 aromatic heterocycles. The molecule has 0 radical (unpaired) electrons. The van der Waals surface area contributed by atoms with Gasteiger partial charge in [0.05, 0.1) is 12.3 Å². The maximum atomic E-state index is 14.9. The fourth-order valence-electron chi connectivity index (χ4n) is 3.44. The Morgan fingerprint density at radius 3 is 2.65 bits per heavy atom. The number of aryl methyl sites for hydroxylation is 2. The van der Waals surface area contributed by atoms with E-state index in [4.69, 9.17) is 4.42 Å². The van der Waals surface area contributed by atoms with Crippen molar-refractivity contribution in [2.75, 3.05) is 10.6 Å². The van der Waals surface area contributed by atoms with Crippen molar-refractivity contribution in [3.8, 4) is 0 Å². The maximum absolute atomic E-state index is 14.9. The minimum atomic E-state index is -0.549. The molecule has 4 aromatic rings. The largest absolute Gasteiger partial charge is 0.459 e. The van der Waals surface area contributed by atoms with Crippen LogP contribution in [0.1, 0.15) is 43.7 Å². The summed E-state index contributed by atoms with van der Waals surface area (Å²) >= 11 is 1.45. The number of aromatic nitrogens is 1. The Hall–Kier alpha value is -3.45. The van der Waals surface area contributed by atoms with Crippen LogP contribution < -0.4 is 10.6 Å². The summed E-state index contributed by atoms with van der Waals surface area (Å²) in [7, 11) is 0. The standard InChI is InChI=1S/C24H22FN3O2S/c1-14-10-11-26-20(13-14)27-22(17-7-4-5-8-18(17)25)21-15(2)16(3)31-24(21)28-23(29)19-9-6-12-30-19/h4-13,22H,1-3H3,(H,26,27)(H,28,29)/t22-/m1/s1. The number of carbonyl (C=O) groups is 1. The molecule has 0 aliphatic heterocycles. The smallest absolute Gasteiger partial charge is 0.291 e. The number of hydrogen-bond donors (Lipinski definition) is 2. The van der Waals surface area contributed by atoms with E-state index in [2.05, 4.69) is 15.6 Å². The molecule has 0 bridgehead atoms. The molecule has 0 aliphatic rings. The number of furan rings is 1. The zero-order valence-corrected chi connectivity index (χ0v) is 18.2. The van der Waals surface area contributed by atoms with Gasteiger partial charge in [-0.3, -0.25) is 4.79 Å². The van der Waals surface area contributed by atoms with Crippen LogP contribution in [0.25, 0.3) is 0 Å². The summed E-state index contributed by atoms with van der Waals surface area (Å²) in [4.78, 5) is 18.1. The zero-order chi connectivity index (χ0) is 22.0. The van der Waals surface area contributed by atoms with Gasteiger partial charge in [-0.15, -0.1) is 11.3 Å². The first kappa shape index (κ1) is 20.8. The molecule has 2 N–H and O–H groups in total.